The Balaban J connectivity index is 1.81. The minimum absolute atomic E-state index is 0.0238. The van der Waals surface area contributed by atoms with E-state index in [1.54, 1.807) is 23.1 Å². The van der Waals surface area contributed by atoms with Gasteiger partial charge in [-0.3, -0.25) is 9.59 Å². The number of nitrogens with one attached hydrogen (secondary N) is 2. The summed E-state index contributed by atoms with van der Waals surface area (Å²) in [5.41, 5.74) is 11.4. The topological polar surface area (TPSA) is 87.5 Å². The van der Waals surface area contributed by atoms with Crippen LogP contribution in [0.5, 0.6) is 0 Å². The molecule has 0 atom stereocenters. The summed E-state index contributed by atoms with van der Waals surface area (Å²) < 4.78 is 0. The Morgan fingerprint density at radius 2 is 1.66 bits per heavy atom. The van der Waals surface area contributed by atoms with Gasteiger partial charge in [-0.25, -0.2) is 0 Å². The third-order valence-corrected chi connectivity index (χ3v) is 5.53. The summed E-state index contributed by atoms with van der Waals surface area (Å²) in [5, 5.41) is 6.32. The molecule has 3 aromatic carbocycles. The van der Waals surface area contributed by atoms with E-state index in [9.17, 15) is 9.59 Å². The Morgan fingerprint density at radius 3 is 2.38 bits per heavy atom. The molecule has 2 amide bonds. The predicted molar refractivity (Wildman–Crippen MR) is 130 cm³/mol. The third-order valence-electron chi connectivity index (χ3n) is 5.53. The van der Waals surface area contributed by atoms with Gasteiger partial charge in [0.05, 0.1) is 11.3 Å². The van der Waals surface area contributed by atoms with Crippen molar-refractivity contribution in [1.29, 1.82) is 0 Å². The zero-order chi connectivity index (χ0) is 22.7. The molecular weight excluding hydrogens is 400 g/mol. The molecule has 0 spiro atoms. The number of rotatable bonds is 6. The molecule has 32 heavy (non-hydrogen) atoms. The van der Waals surface area contributed by atoms with Crippen molar-refractivity contribution in [2.75, 3.05) is 29.5 Å². The van der Waals surface area contributed by atoms with Gasteiger partial charge in [-0.2, -0.15) is 0 Å². The number of anilines is 3. The number of carbonyl (C=O) groups is 2. The molecule has 1 aliphatic heterocycles. The summed E-state index contributed by atoms with van der Waals surface area (Å²) in [4.78, 5) is 27.6. The van der Waals surface area contributed by atoms with Crippen LogP contribution < -0.4 is 16.4 Å². The zero-order valence-corrected chi connectivity index (χ0v) is 18.2. The van der Waals surface area contributed by atoms with Crippen LogP contribution in [0.25, 0.3) is 11.3 Å². The molecule has 1 aliphatic rings. The molecule has 6 nitrogen and oxygen atoms in total. The van der Waals surface area contributed by atoms with E-state index in [-0.39, 0.29) is 11.8 Å². The van der Waals surface area contributed by atoms with Gasteiger partial charge in [0.2, 0.25) is 0 Å². The van der Waals surface area contributed by atoms with Gasteiger partial charge in [0.15, 0.2) is 0 Å². The van der Waals surface area contributed by atoms with Crippen molar-refractivity contribution in [3.05, 3.63) is 89.5 Å². The molecule has 0 radical (unpaired) electrons. The molecule has 4 rings (SSSR count). The highest BCUT2D eigenvalue weighted by Crippen LogP contribution is 2.38. The average Bonchev–Trinajstić information content (AvgIpc) is 3.13. The zero-order valence-electron chi connectivity index (χ0n) is 18.2. The first kappa shape index (κ1) is 21.2. The molecule has 4 N–H and O–H groups in total. The summed E-state index contributed by atoms with van der Waals surface area (Å²) >= 11 is 0. The first-order valence-corrected chi connectivity index (χ1v) is 10.7. The molecule has 0 aliphatic carbocycles. The summed E-state index contributed by atoms with van der Waals surface area (Å²) in [6.45, 7) is 5.21. The van der Waals surface area contributed by atoms with Crippen LogP contribution in [0.15, 0.2) is 72.8 Å². The molecule has 0 saturated carbocycles. The van der Waals surface area contributed by atoms with Crippen molar-refractivity contribution in [3.8, 4) is 0 Å². The Labute approximate surface area is 187 Å². The van der Waals surface area contributed by atoms with Gasteiger partial charge in [-0.05, 0) is 55.8 Å². The summed E-state index contributed by atoms with van der Waals surface area (Å²) in [5.74, 6) is -0.225. The number of nitrogen functional groups attached to an aromatic ring is 1. The SMILES string of the molecule is CCN(CC)C(=O)c1cccc(NC(=C2C(=O)Nc3ccc(N)cc32)c2ccccc2)c1. The quantitative estimate of drug-likeness (QED) is 0.394. The Kier molecular flexibility index (Phi) is 5.94. The van der Waals surface area contributed by atoms with Gasteiger partial charge < -0.3 is 21.3 Å². The van der Waals surface area contributed by atoms with Crippen LogP contribution >= 0.6 is 0 Å². The maximum absolute atomic E-state index is 13.0. The van der Waals surface area contributed by atoms with E-state index < -0.39 is 0 Å². The molecule has 1 heterocycles. The molecule has 0 fully saturated rings. The number of fused-ring (bicyclic) bond motifs is 1. The second kappa shape index (κ2) is 8.98. The standard InChI is InChI=1S/C26H26N4O2/c1-3-30(4-2)26(32)18-11-8-12-20(15-18)28-24(17-9-6-5-7-10-17)23-21-16-19(27)13-14-22(21)29-25(23)31/h5-16,28H,3-4,27H2,1-2H3,(H,29,31). The first-order chi connectivity index (χ1) is 15.5. The van der Waals surface area contributed by atoms with Crippen molar-refractivity contribution < 1.29 is 9.59 Å². The predicted octanol–water partition coefficient (Wildman–Crippen LogP) is 4.68. The van der Waals surface area contributed by atoms with Crippen LogP contribution in [0, 0.1) is 0 Å². The van der Waals surface area contributed by atoms with Crippen LogP contribution in [0.4, 0.5) is 17.1 Å². The van der Waals surface area contributed by atoms with Crippen LogP contribution in [-0.4, -0.2) is 29.8 Å². The highest BCUT2D eigenvalue weighted by molar-refractivity contribution is 6.37. The number of hydrogen-bond donors (Lipinski definition) is 3. The number of nitrogens with two attached hydrogens (primary N) is 1. The molecule has 0 saturated heterocycles. The summed E-state index contributed by atoms with van der Waals surface area (Å²) in [6.07, 6.45) is 0. The number of nitrogens with zero attached hydrogens (tertiary/aromatic N) is 1. The highest BCUT2D eigenvalue weighted by Gasteiger charge is 2.28. The van der Waals surface area contributed by atoms with Crippen LogP contribution in [0.3, 0.4) is 0 Å². The van der Waals surface area contributed by atoms with Gasteiger partial charge in [-0.15, -0.1) is 0 Å². The summed E-state index contributed by atoms with van der Waals surface area (Å²) in [6, 6.07) is 22.4. The van der Waals surface area contributed by atoms with Gasteiger partial charge in [-0.1, -0.05) is 36.4 Å². The fourth-order valence-corrected chi connectivity index (χ4v) is 3.88. The van der Waals surface area contributed by atoms with Crippen LogP contribution in [0.1, 0.15) is 35.3 Å². The third kappa shape index (κ3) is 4.07. The summed E-state index contributed by atoms with van der Waals surface area (Å²) in [7, 11) is 0. The van der Waals surface area contributed by atoms with Gasteiger partial charge in [0, 0.05) is 41.3 Å². The van der Waals surface area contributed by atoms with Gasteiger partial charge in [0.1, 0.15) is 0 Å². The van der Waals surface area contributed by atoms with E-state index in [1.165, 1.54) is 0 Å². The second-order valence-electron chi connectivity index (χ2n) is 7.56. The van der Waals surface area contributed by atoms with E-state index in [0.717, 1.165) is 22.5 Å². The number of benzene rings is 3. The maximum Gasteiger partial charge on any atom is 0.258 e. The lowest BCUT2D eigenvalue weighted by Gasteiger charge is -2.20. The fraction of sp³-hybridized carbons (Fsp3) is 0.154. The van der Waals surface area contributed by atoms with Gasteiger partial charge >= 0.3 is 0 Å². The molecule has 0 unspecified atom stereocenters. The van der Waals surface area contributed by atoms with Gasteiger partial charge in [0.25, 0.3) is 11.8 Å². The minimum atomic E-state index is -0.202. The highest BCUT2D eigenvalue weighted by atomic mass is 16.2. The fourth-order valence-electron chi connectivity index (χ4n) is 3.88. The number of carbonyl (C=O) groups excluding carboxylic acids is 2. The normalized spacial score (nSPS) is 13.9. The van der Waals surface area contributed by atoms with Crippen molar-refractivity contribution in [1.82, 2.24) is 4.90 Å². The van der Waals surface area contributed by atoms with Crippen molar-refractivity contribution >= 4 is 40.1 Å². The van der Waals surface area contributed by atoms with Crippen molar-refractivity contribution in [2.24, 2.45) is 0 Å². The van der Waals surface area contributed by atoms with E-state index in [4.69, 9.17) is 5.73 Å². The molecule has 162 valence electrons. The second-order valence-corrected chi connectivity index (χ2v) is 7.56. The molecule has 0 bridgehead atoms. The smallest absolute Gasteiger partial charge is 0.258 e. The molecular formula is C26H26N4O2. The minimum Gasteiger partial charge on any atom is -0.399 e. The first-order valence-electron chi connectivity index (χ1n) is 10.7. The average molecular weight is 427 g/mol. The Hall–Kier alpha value is -4.06. The maximum atomic E-state index is 13.0. The molecule has 6 heteroatoms. The Morgan fingerprint density at radius 1 is 0.938 bits per heavy atom. The van der Waals surface area contributed by atoms with Crippen molar-refractivity contribution in [3.63, 3.8) is 0 Å². The van der Waals surface area contributed by atoms with E-state index in [2.05, 4.69) is 10.6 Å². The van der Waals surface area contributed by atoms with E-state index in [0.29, 0.717) is 35.6 Å². The lowest BCUT2D eigenvalue weighted by Crippen LogP contribution is -2.30. The number of hydrogen-bond acceptors (Lipinski definition) is 4. The van der Waals surface area contributed by atoms with Crippen LogP contribution in [-0.2, 0) is 4.79 Å². The lowest BCUT2D eigenvalue weighted by molar-refractivity contribution is -0.110. The Bertz CT molecular complexity index is 1200. The largest absolute Gasteiger partial charge is 0.399 e. The van der Waals surface area contributed by atoms with E-state index in [1.807, 2.05) is 68.4 Å². The number of amides is 2. The van der Waals surface area contributed by atoms with E-state index >= 15 is 0 Å². The molecule has 0 aromatic heterocycles. The monoisotopic (exact) mass is 426 g/mol. The molecule has 3 aromatic rings. The van der Waals surface area contributed by atoms with Crippen LogP contribution in [0.2, 0.25) is 0 Å². The van der Waals surface area contributed by atoms with Crippen molar-refractivity contribution in [2.45, 2.75) is 13.8 Å². The lowest BCUT2D eigenvalue weighted by atomic mass is 9.99.